The van der Waals surface area contributed by atoms with E-state index in [9.17, 15) is 9.59 Å². The molecule has 0 saturated carbocycles. The average Bonchev–Trinajstić information content (AvgIpc) is 3.11. The Balaban J connectivity index is 1.37. The van der Waals surface area contributed by atoms with Crippen LogP contribution in [0.3, 0.4) is 0 Å². The molecule has 27 heavy (non-hydrogen) atoms. The number of fused-ring (bicyclic) bond motifs is 1. The van der Waals surface area contributed by atoms with Gasteiger partial charge in [0.05, 0.1) is 18.8 Å². The maximum absolute atomic E-state index is 12.7. The molecule has 4 rings (SSSR count). The van der Waals surface area contributed by atoms with Gasteiger partial charge >= 0.3 is 5.97 Å². The van der Waals surface area contributed by atoms with Gasteiger partial charge in [-0.3, -0.25) is 4.79 Å². The number of H-pyrrole nitrogens is 1. The SMILES string of the molecule is O=C(O)c1cnc(N2CCN(C(=O)Cc3c[nH]c4ccccc34)CC2)cn1. The minimum atomic E-state index is -1.10. The van der Waals surface area contributed by atoms with Gasteiger partial charge in [-0.15, -0.1) is 0 Å². The van der Waals surface area contributed by atoms with Crippen molar-refractivity contribution in [3.8, 4) is 0 Å². The molecular weight excluding hydrogens is 346 g/mol. The largest absolute Gasteiger partial charge is 0.476 e. The summed E-state index contributed by atoms with van der Waals surface area (Å²) in [5.74, 6) is -0.364. The summed E-state index contributed by atoms with van der Waals surface area (Å²) in [6, 6.07) is 7.96. The number of carboxylic acid groups (broad SMARTS) is 1. The van der Waals surface area contributed by atoms with Crippen LogP contribution in [0.4, 0.5) is 5.82 Å². The van der Waals surface area contributed by atoms with Crippen molar-refractivity contribution in [3.05, 3.63) is 54.1 Å². The number of aromatic amines is 1. The van der Waals surface area contributed by atoms with Crippen LogP contribution in [-0.4, -0.2) is 63.0 Å². The van der Waals surface area contributed by atoms with Crippen LogP contribution in [-0.2, 0) is 11.2 Å². The third-order valence-electron chi connectivity index (χ3n) is 4.83. The van der Waals surface area contributed by atoms with Crippen LogP contribution < -0.4 is 4.90 Å². The van der Waals surface area contributed by atoms with Crippen LogP contribution in [0.25, 0.3) is 10.9 Å². The van der Waals surface area contributed by atoms with Gasteiger partial charge in [0.25, 0.3) is 0 Å². The molecule has 3 aromatic rings. The van der Waals surface area contributed by atoms with E-state index < -0.39 is 5.97 Å². The summed E-state index contributed by atoms with van der Waals surface area (Å²) < 4.78 is 0. The summed E-state index contributed by atoms with van der Waals surface area (Å²) in [5, 5.41) is 9.97. The molecule has 2 aromatic heterocycles. The first-order valence-corrected chi connectivity index (χ1v) is 8.75. The molecule has 138 valence electrons. The molecule has 1 amide bonds. The quantitative estimate of drug-likeness (QED) is 0.727. The Morgan fingerprint density at radius 1 is 1.07 bits per heavy atom. The molecule has 1 aliphatic rings. The zero-order valence-corrected chi connectivity index (χ0v) is 14.6. The normalized spacial score (nSPS) is 14.5. The van der Waals surface area contributed by atoms with Crippen molar-refractivity contribution in [3.63, 3.8) is 0 Å². The maximum Gasteiger partial charge on any atom is 0.356 e. The summed E-state index contributed by atoms with van der Waals surface area (Å²) in [5.41, 5.74) is 1.97. The Morgan fingerprint density at radius 3 is 2.56 bits per heavy atom. The second kappa shape index (κ2) is 7.06. The summed E-state index contributed by atoms with van der Waals surface area (Å²) >= 11 is 0. The number of amides is 1. The first-order chi connectivity index (χ1) is 13.1. The van der Waals surface area contributed by atoms with Gasteiger partial charge in [0.15, 0.2) is 5.69 Å². The van der Waals surface area contributed by atoms with E-state index >= 15 is 0 Å². The van der Waals surface area contributed by atoms with E-state index in [0.29, 0.717) is 38.4 Å². The Hall–Kier alpha value is -3.42. The highest BCUT2D eigenvalue weighted by atomic mass is 16.4. The predicted octanol–water partition coefficient (Wildman–Crippen LogP) is 1.55. The molecule has 1 fully saturated rings. The summed E-state index contributed by atoms with van der Waals surface area (Å²) in [6.45, 7) is 2.48. The number of hydrogen-bond donors (Lipinski definition) is 2. The molecule has 8 nitrogen and oxygen atoms in total. The lowest BCUT2D eigenvalue weighted by Crippen LogP contribution is -2.49. The standard InChI is InChI=1S/C19H19N5O3/c25-18(9-13-10-20-15-4-2-1-3-14(13)15)24-7-5-23(6-8-24)17-12-21-16(11-22-17)19(26)27/h1-4,10-12,20H,5-9H2,(H,26,27). The number of anilines is 1. The summed E-state index contributed by atoms with van der Waals surface area (Å²) in [6.07, 6.45) is 4.99. The van der Waals surface area contributed by atoms with Crippen molar-refractivity contribution in [1.82, 2.24) is 19.9 Å². The molecule has 3 heterocycles. The zero-order valence-electron chi connectivity index (χ0n) is 14.6. The van der Waals surface area contributed by atoms with Crippen LogP contribution >= 0.6 is 0 Å². The molecule has 1 aliphatic heterocycles. The highest BCUT2D eigenvalue weighted by Crippen LogP contribution is 2.19. The van der Waals surface area contributed by atoms with Gasteiger partial charge in [0.2, 0.25) is 5.91 Å². The number of nitrogens with one attached hydrogen (secondary N) is 1. The number of carbonyl (C=O) groups is 2. The molecule has 8 heteroatoms. The fourth-order valence-electron chi connectivity index (χ4n) is 3.33. The Bertz CT molecular complexity index is 974. The van der Waals surface area contributed by atoms with Gasteiger partial charge in [-0.25, -0.2) is 14.8 Å². The molecule has 0 spiro atoms. The van der Waals surface area contributed by atoms with E-state index in [4.69, 9.17) is 5.11 Å². The fourth-order valence-corrected chi connectivity index (χ4v) is 3.33. The molecule has 1 aromatic carbocycles. The minimum absolute atomic E-state index is 0.0775. The number of hydrogen-bond acceptors (Lipinski definition) is 5. The number of carboxylic acids is 1. The van der Waals surface area contributed by atoms with E-state index in [1.165, 1.54) is 12.4 Å². The Morgan fingerprint density at radius 2 is 1.85 bits per heavy atom. The van der Waals surface area contributed by atoms with E-state index in [-0.39, 0.29) is 11.6 Å². The van der Waals surface area contributed by atoms with E-state index in [0.717, 1.165) is 16.5 Å². The van der Waals surface area contributed by atoms with Crippen molar-refractivity contribution in [2.75, 3.05) is 31.1 Å². The van der Waals surface area contributed by atoms with Crippen molar-refractivity contribution >= 4 is 28.6 Å². The first-order valence-electron chi connectivity index (χ1n) is 8.75. The highest BCUT2D eigenvalue weighted by molar-refractivity contribution is 5.89. The number of piperazine rings is 1. The number of aromatic nitrogens is 3. The number of carbonyl (C=O) groups excluding carboxylic acids is 1. The number of para-hydroxylation sites is 1. The van der Waals surface area contributed by atoms with Gasteiger partial charge in [-0.2, -0.15) is 0 Å². The lowest BCUT2D eigenvalue weighted by atomic mass is 10.1. The first kappa shape index (κ1) is 17.0. The summed E-state index contributed by atoms with van der Waals surface area (Å²) in [7, 11) is 0. The molecule has 1 saturated heterocycles. The lowest BCUT2D eigenvalue weighted by molar-refractivity contribution is -0.130. The van der Waals surface area contributed by atoms with E-state index in [1.54, 1.807) is 0 Å². The minimum Gasteiger partial charge on any atom is -0.476 e. The predicted molar refractivity (Wildman–Crippen MR) is 99.8 cm³/mol. The van der Waals surface area contributed by atoms with Crippen molar-refractivity contribution < 1.29 is 14.7 Å². The van der Waals surface area contributed by atoms with Crippen LogP contribution in [0.1, 0.15) is 16.1 Å². The molecule has 0 radical (unpaired) electrons. The lowest BCUT2D eigenvalue weighted by Gasteiger charge is -2.35. The average molecular weight is 365 g/mol. The third-order valence-corrected chi connectivity index (χ3v) is 4.83. The van der Waals surface area contributed by atoms with Gasteiger partial charge in [0, 0.05) is 43.3 Å². The molecule has 0 unspecified atom stereocenters. The van der Waals surface area contributed by atoms with Crippen LogP contribution in [0, 0.1) is 0 Å². The molecule has 0 atom stereocenters. The Kier molecular flexibility index (Phi) is 4.45. The highest BCUT2D eigenvalue weighted by Gasteiger charge is 2.23. The smallest absolute Gasteiger partial charge is 0.356 e. The molecule has 0 bridgehead atoms. The third kappa shape index (κ3) is 3.46. The van der Waals surface area contributed by atoms with E-state index in [2.05, 4.69) is 15.0 Å². The van der Waals surface area contributed by atoms with E-state index in [1.807, 2.05) is 40.3 Å². The molecule has 0 aliphatic carbocycles. The zero-order chi connectivity index (χ0) is 18.8. The van der Waals surface area contributed by atoms with Gasteiger partial charge in [0.1, 0.15) is 5.82 Å². The Labute approximate surface area is 155 Å². The maximum atomic E-state index is 12.7. The number of rotatable bonds is 4. The van der Waals surface area contributed by atoms with Gasteiger partial charge in [-0.1, -0.05) is 18.2 Å². The van der Waals surface area contributed by atoms with Crippen LogP contribution in [0.2, 0.25) is 0 Å². The second-order valence-electron chi connectivity index (χ2n) is 6.47. The van der Waals surface area contributed by atoms with Crippen molar-refractivity contribution in [2.45, 2.75) is 6.42 Å². The number of aromatic carboxylic acids is 1. The molecular formula is C19H19N5O3. The topological polar surface area (TPSA) is 102 Å². The second-order valence-corrected chi connectivity index (χ2v) is 6.47. The van der Waals surface area contributed by atoms with Gasteiger partial charge < -0.3 is 19.9 Å². The van der Waals surface area contributed by atoms with Crippen LogP contribution in [0.15, 0.2) is 42.9 Å². The van der Waals surface area contributed by atoms with Crippen LogP contribution in [0.5, 0.6) is 0 Å². The number of nitrogens with zero attached hydrogens (tertiary/aromatic N) is 4. The fraction of sp³-hybridized carbons (Fsp3) is 0.263. The molecule has 2 N–H and O–H groups in total. The number of benzene rings is 1. The monoisotopic (exact) mass is 365 g/mol. The van der Waals surface area contributed by atoms with Crippen molar-refractivity contribution in [1.29, 1.82) is 0 Å². The van der Waals surface area contributed by atoms with Gasteiger partial charge in [-0.05, 0) is 11.6 Å². The summed E-state index contributed by atoms with van der Waals surface area (Å²) in [4.78, 5) is 38.7. The van der Waals surface area contributed by atoms with Crippen molar-refractivity contribution in [2.24, 2.45) is 0 Å².